The van der Waals surface area contributed by atoms with Crippen molar-refractivity contribution in [1.29, 1.82) is 0 Å². The molecule has 1 aromatic rings. The van der Waals surface area contributed by atoms with Gasteiger partial charge in [-0.15, -0.1) is 0 Å². The van der Waals surface area contributed by atoms with Crippen LogP contribution in [-0.2, 0) is 4.74 Å². The first-order valence-corrected chi connectivity index (χ1v) is 6.19. The number of morpholine rings is 1. The summed E-state index contributed by atoms with van der Waals surface area (Å²) in [6.07, 6.45) is 0. The highest BCUT2D eigenvalue weighted by Gasteiger charge is 2.14. The minimum atomic E-state index is -0.470. The molecule has 4 N–H and O–H groups in total. The Morgan fingerprint density at radius 2 is 2.44 bits per heavy atom. The molecule has 1 fully saturated rings. The number of hydrogen-bond donors (Lipinski definition) is 3. The third kappa shape index (κ3) is 3.35. The van der Waals surface area contributed by atoms with Crippen LogP contribution in [0.25, 0.3) is 0 Å². The van der Waals surface area contributed by atoms with Gasteiger partial charge in [-0.3, -0.25) is 4.79 Å². The Labute approximate surface area is 111 Å². The van der Waals surface area contributed by atoms with Gasteiger partial charge in [0.05, 0.1) is 18.8 Å². The van der Waals surface area contributed by atoms with Crippen LogP contribution < -0.4 is 16.4 Å². The minimum Gasteiger partial charge on any atom is -0.383 e. The van der Waals surface area contributed by atoms with E-state index in [1.54, 1.807) is 18.2 Å². The molecule has 6 heteroatoms. The number of anilines is 1. The average molecular weight is 270 g/mol. The monoisotopic (exact) mass is 269 g/mol. The molecule has 0 saturated carbocycles. The predicted octanol–water partition coefficient (Wildman–Crippen LogP) is 0.839. The molecular weight excluding hydrogens is 254 g/mol. The molecule has 1 atom stereocenters. The van der Waals surface area contributed by atoms with E-state index in [2.05, 4.69) is 10.6 Å². The molecule has 0 bridgehead atoms. The number of nitrogens with two attached hydrogens (primary N) is 1. The van der Waals surface area contributed by atoms with Gasteiger partial charge in [-0.1, -0.05) is 11.6 Å². The molecule has 18 heavy (non-hydrogen) atoms. The summed E-state index contributed by atoms with van der Waals surface area (Å²) in [5.41, 5.74) is 6.41. The summed E-state index contributed by atoms with van der Waals surface area (Å²) in [7, 11) is 0. The van der Waals surface area contributed by atoms with E-state index >= 15 is 0 Å². The number of primary amides is 1. The molecule has 1 saturated heterocycles. The van der Waals surface area contributed by atoms with Gasteiger partial charge in [-0.25, -0.2) is 0 Å². The van der Waals surface area contributed by atoms with Crippen LogP contribution in [-0.4, -0.2) is 38.3 Å². The second kappa shape index (κ2) is 6.04. The van der Waals surface area contributed by atoms with E-state index in [9.17, 15) is 4.79 Å². The Bertz CT molecular complexity index is 433. The topological polar surface area (TPSA) is 76.4 Å². The van der Waals surface area contributed by atoms with Crippen LogP contribution in [0.2, 0.25) is 5.02 Å². The van der Waals surface area contributed by atoms with Crippen LogP contribution in [0.1, 0.15) is 10.4 Å². The highest BCUT2D eigenvalue weighted by molar-refractivity contribution is 6.31. The lowest BCUT2D eigenvalue weighted by molar-refractivity contribution is 0.0806. The highest BCUT2D eigenvalue weighted by atomic mass is 35.5. The molecule has 0 radical (unpaired) electrons. The van der Waals surface area contributed by atoms with Crippen LogP contribution in [0.3, 0.4) is 0 Å². The SMILES string of the molecule is NC(=O)c1ccc(Cl)cc1NCC1COCCN1. The van der Waals surface area contributed by atoms with Gasteiger partial charge >= 0.3 is 0 Å². The summed E-state index contributed by atoms with van der Waals surface area (Å²) >= 11 is 5.91. The minimum absolute atomic E-state index is 0.221. The largest absolute Gasteiger partial charge is 0.383 e. The lowest BCUT2D eigenvalue weighted by Gasteiger charge is -2.24. The van der Waals surface area contributed by atoms with Gasteiger partial charge in [0.25, 0.3) is 5.91 Å². The Hall–Kier alpha value is -1.30. The van der Waals surface area contributed by atoms with E-state index in [4.69, 9.17) is 22.1 Å². The van der Waals surface area contributed by atoms with Crippen molar-refractivity contribution >= 4 is 23.2 Å². The van der Waals surface area contributed by atoms with E-state index in [1.807, 2.05) is 0 Å². The second-order valence-corrected chi connectivity index (χ2v) is 4.60. The number of benzene rings is 1. The zero-order valence-corrected chi connectivity index (χ0v) is 10.7. The summed E-state index contributed by atoms with van der Waals surface area (Å²) in [6.45, 7) is 2.88. The number of carbonyl (C=O) groups is 1. The first kappa shape index (κ1) is 13.1. The molecule has 0 aromatic heterocycles. The summed E-state index contributed by atoms with van der Waals surface area (Å²) in [5.74, 6) is -0.470. The Morgan fingerprint density at radius 3 is 3.11 bits per heavy atom. The van der Waals surface area contributed by atoms with Crippen LogP contribution >= 0.6 is 11.6 Å². The smallest absolute Gasteiger partial charge is 0.250 e. The van der Waals surface area contributed by atoms with Gasteiger partial charge in [-0.2, -0.15) is 0 Å². The number of rotatable bonds is 4. The van der Waals surface area contributed by atoms with Crippen molar-refractivity contribution in [2.75, 3.05) is 31.6 Å². The van der Waals surface area contributed by atoms with Crippen LogP contribution in [0, 0.1) is 0 Å². The van der Waals surface area contributed by atoms with E-state index < -0.39 is 5.91 Å². The maximum absolute atomic E-state index is 11.3. The van der Waals surface area contributed by atoms with Gasteiger partial charge < -0.3 is 21.1 Å². The van der Waals surface area contributed by atoms with E-state index in [0.29, 0.717) is 29.4 Å². The molecule has 98 valence electrons. The maximum Gasteiger partial charge on any atom is 0.250 e. The molecule has 1 aromatic carbocycles. The predicted molar refractivity (Wildman–Crippen MR) is 71.1 cm³/mol. The molecule has 0 spiro atoms. The molecule has 2 rings (SSSR count). The fraction of sp³-hybridized carbons (Fsp3) is 0.417. The van der Waals surface area contributed by atoms with Gasteiger partial charge in [-0.05, 0) is 18.2 Å². The molecule has 1 amide bonds. The van der Waals surface area contributed by atoms with Crippen molar-refractivity contribution in [1.82, 2.24) is 5.32 Å². The first-order valence-electron chi connectivity index (χ1n) is 5.81. The van der Waals surface area contributed by atoms with E-state index in [-0.39, 0.29) is 6.04 Å². The molecule has 1 heterocycles. The number of carbonyl (C=O) groups excluding carboxylic acids is 1. The number of hydrogen-bond acceptors (Lipinski definition) is 4. The molecule has 1 aliphatic heterocycles. The van der Waals surface area contributed by atoms with Crippen molar-refractivity contribution in [3.8, 4) is 0 Å². The van der Waals surface area contributed by atoms with Crippen molar-refractivity contribution in [3.63, 3.8) is 0 Å². The summed E-state index contributed by atoms with van der Waals surface area (Å²) < 4.78 is 5.35. The van der Waals surface area contributed by atoms with E-state index in [0.717, 1.165) is 13.2 Å². The third-order valence-corrected chi connectivity index (χ3v) is 3.02. The highest BCUT2D eigenvalue weighted by Crippen LogP contribution is 2.20. The molecule has 1 unspecified atom stereocenters. The number of ether oxygens (including phenoxy) is 1. The van der Waals surface area contributed by atoms with Crippen LogP contribution in [0.4, 0.5) is 5.69 Å². The van der Waals surface area contributed by atoms with Crippen molar-refractivity contribution < 1.29 is 9.53 Å². The lowest BCUT2D eigenvalue weighted by Crippen LogP contribution is -2.45. The molecular formula is C12H16ClN3O2. The quantitative estimate of drug-likeness (QED) is 0.757. The van der Waals surface area contributed by atoms with Crippen molar-refractivity contribution in [2.45, 2.75) is 6.04 Å². The van der Waals surface area contributed by atoms with Crippen molar-refractivity contribution in [3.05, 3.63) is 28.8 Å². The Balaban J connectivity index is 2.03. The van der Waals surface area contributed by atoms with Gasteiger partial charge in [0.15, 0.2) is 0 Å². The standard InChI is InChI=1S/C12H16ClN3O2/c13-8-1-2-10(12(14)17)11(5-8)16-6-9-7-18-4-3-15-9/h1-2,5,9,15-16H,3-4,6-7H2,(H2,14,17). The fourth-order valence-electron chi connectivity index (χ4n) is 1.86. The number of nitrogens with one attached hydrogen (secondary N) is 2. The molecule has 5 nitrogen and oxygen atoms in total. The van der Waals surface area contributed by atoms with Crippen LogP contribution in [0.15, 0.2) is 18.2 Å². The van der Waals surface area contributed by atoms with Gasteiger partial charge in [0, 0.05) is 29.8 Å². The zero-order valence-electron chi connectivity index (χ0n) is 9.91. The lowest BCUT2D eigenvalue weighted by atomic mass is 10.1. The molecule has 0 aliphatic carbocycles. The third-order valence-electron chi connectivity index (χ3n) is 2.78. The van der Waals surface area contributed by atoms with Crippen LogP contribution in [0.5, 0.6) is 0 Å². The Morgan fingerprint density at radius 1 is 1.61 bits per heavy atom. The average Bonchev–Trinajstić information content (AvgIpc) is 2.37. The second-order valence-electron chi connectivity index (χ2n) is 4.16. The first-order chi connectivity index (χ1) is 8.66. The summed E-state index contributed by atoms with van der Waals surface area (Å²) in [4.78, 5) is 11.3. The molecule has 1 aliphatic rings. The number of halogens is 1. The van der Waals surface area contributed by atoms with Gasteiger partial charge in [0.2, 0.25) is 0 Å². The van der Waals surface area contributed by atoms with Crippen molar-refractivity contribution in [2.24, 2.45) is 5.73 Å². The van der Waals surface area contributed by atoms with E-state index in [1.165, 1.54) is 0 Å². The maximum atomic E-state index is 11.3. The zero-order chi connectivity index (χ0) is 13.0. The summed E-state index contributed by atoms with van der Waals surface area (Å²) in [6, 6.07) is 5.19. The fourth-order valence-corrected chi connectivity index (χ4v) is 2.03. The summed E-state index contributed by atoms with van der Waals surface area (Å²) in [5, 5.41) is 7.06. The Kier molecular flexibility index (Phi) is 4.41. The van der Waals surface area contributed by atoms with Gasteiger partial charge in [0.1, 0.15) is 0 Å². The normalized spacial score (nSPS) is 19.5. The number of amides is 1.